The first kappa shape index (κ1) is 11.0. The highest BCUT2D eigenvalue weighted by Gasteiger charge is 2.69. The molecule has 0 radical (unpaired) electrons. The SMILES string of the molecule is C=CC(=O)OC1C2CC3C(O2)C1OC31CCCC1. The topological polar surface area (TPSA) is 44.8 Å². The lowest BCUT2D eigenvalue weighted by Gasteiger charge is -2.27. The molecule has 0 N–H and O–H groups in total. The van der Waals surface area contributed by atoms with E-state index in [1.54, 1.807) is 0 Å². The Labute approximate surface area is 106 Å². The molecule has 4 aliphatic rings. The number of esters is 1. The molecule has 0 amide bonds. The second-order valence-electron chi connectivity index (χ2n) is 5.94. The molecule has 18 heavy (non-hydrogen) atoms. The first-order valence-corrected chi connectivity index (χ1v) is 6.90. The Kier molecular flexibility index (Phi) is 2.19. The van der Waals surface area contributed by atoms with Gasteiger partial charge in [0.15, 0.2) is 6.10 Å². The molecule has 2 bridgehead atoms. The van der Waals surface area contributed by atoms with Crippen LogP contribution in [0.25, 0.3) is 0 Å². The van der Waals surface area contributed by atoms with E-state index in [1.807, 2.05) is 0 Å². The molecule has 3 aliphatic heterocycles. The minimum Gasteiger partial charge on any atom is -0.454 e. The maximum atomic E-state index is 11.4. The molecular weight excluding hydrogens is 232 g/mol. The predicted octanol–water partition coefficient (Wildman–Crippen LogP) is 1.58. The van der Waals surface area contributed by atoms with Crippen molar-refractivity contribution in [2.24, 2.45) is 5.92 Å². The van der Waals surface area contributed by atoms with Crippen molar-refractivity contribution in [2.45, 2.75) is 62.1 Å². The third-order valence-corrected chi connectivity index (χ3v) is 5.14. The Hall–Kier alpha value is -0.870. The molecule has 4 nitrogen and oxygen atoms in total. The molecule has 1 saturated carbocycles. The van der Waals surface area contributed by atoms with Crippen LogP contribution in [0.2, 0.25) is 0 Å². The van der Waals surface area contributed by atoms with Gasteiger partial charge in [0, 0.05) is 12.0 Å². The van der Waals surface area contributed by atoms with Gasteiger partial charge in [-0.1, -0.05) is 19.4 Å². The van der Waals surface area contributed by atoms with Crippen LogP contribution in [0.3, 0.4) is 0 Å². The largest absolute Gasteiger partial charge is 0.454 e. The van der Waals surface area contributed by atoms with E-state index < -0.39 is 0 Å². The molecule has 4 heteroatoms. The van der Waals surface area contributed by atoms with E-state index in [1.165, 1.54) is 18.9 Å². The first-order valence-electron chi connectivity index (χ1n) is 6.90. The number of hydrogen-bond acceptors (Lipinski definition) is 4. The van der Waals surface area contributed by atoms with Crippen molar-refractivity contribution in [2.75, 3.05) is 0 Å². The highest BCUT2D eigenvalue weighted by molar-refractivity contribution is 5.81. The lowest BCUT2D eigenvalue weighted by Crippen LogP contribution is -2.39. The van der Waals surface area contributed by atoms with Crippen molar-refractivity contribution in [3.63, 3.8) is 0 Å². The molecule has 4 fully saturated rings. The second kappa shape index (κ2) is 3.58. The summed E-state index contributed by atoms with van der Waals surface area (Å²) in [5.74, 6) is 0.150. The van der Waals surface area contributed by atoms with Crippen LogP contribution in [0, 0.1) is 5.92 Å². The van der Waals surface area contributed by atoms with Gasteiger partial charge in [0.25, 0.3) is 0 Å². The Morgan fingerprint density at radius 1 is 1.33 bits per heavy atom. The lowest BCUT2D eigenvalue weighted by molar-refractivity contribution is -0.153. The van der Waals surface area contributed by atoms with Crippen LogP contribution in [0.1, 0.15) is 32.1 Å². The van der Waals surface area contributed by atoms with Gasteiger partial charge in [0.2, 0.25) is 0 Å². The fraction of sp³-hybridized carbons (Fsp3) is 0.786. The van der Waals surface area contributed by atoms with Crippen molar-refractivity contribution in [3.05, 3.63) is 12.7 Å². The fourth-order valence-electron chi connectivity index (χ4n) is 4.45. The molecule has 5 unspecified atom stereocenters. The van der Waals surface area contributed by atoms with Crippen LogP contribution in [0.4, 0.5) is 0 Å². The van der Waals surface area contributed by atoms with Gasteiger partial charge in [0.1, 0.15) is 6.10 Å². The zero-order valence-electron chi connectivity index (χ0n) is 10.3. The average molecular weight is 250 g/mol. The number of carbonyl (C=O) groups excluding carboxylic acids is 1. The molecule has 3 saturated heterocycles. The van der Waals surface area contributed by atoms with Crippen molar-refractivity contribution < 1.29 is 19.0 Å². The summed E-state index contributed by atoms with van der Waals surface area (Å²) in [5.41, 5.74) is 0.0272. The summed E-state index contributed by atoms with van der Waals surface area (Å²) >= 11 is 0. The summed E-state index contributed by atoms with van der Waals surface area (Å²) in [6.07, 6.45) is 6.89. The Morgan fingerprint density at radius 3 is 2.83 bits per heavy atom. The van der Waals surface area contributed by atoms with Gasteiger partial charge in [0.05, 0.1) is 17.8 Å². The second-order valence-corrected chi connectivity index (χ2v) is 5.94. The molecule has 4 rings (SSSR count). The summed E-state index contributed by atoms with van der Waals surface area (Å²) in [7, 11) is 0. The van der Waals surface area contributed by atoms with Gasteiger partial charge >= 0.3 is 5.97 Å². The number of fused-ring (bicyclic) bond motifs is 2. The van der Waals surface area contributed by atoms with Crippen LogP contribution < -0.4 is 0 Å². The van der Waals surface area contributed by atoms with Crippen LogP contribution in [0.15, 0.2) is 12.7 Å². The first-order chi connectivity index (χ1) is 8.73. The molecular formula is C14H18O4. The third kappa shape index (κ3) is 1.25. The van der Waals surface area contributed by atoms with E-state index in [0.29, 0.717) is 5.92 Å². The smallest absolute Gasteiger partial charge is 0.330 e. The van der Waals surface area contributed by atoms with Crippen molar-refractivity contribution in [1.82, 2.24) is 0 Å². The van der Waals surface area contributed by atoms with Gasteiger partial charge in [-0.25, -0.2) is 4.79 Å². The average Bonchev–Trinajstić information content (AvgIpc) is 3.07. The van der Waals surface area contributed by atoms with Crippen LogP contribution >= 0.6 is 0 Å². The Bertz CT molecular complexity index is 399. The van der Waals surface area contributed by atoms with Gasteiger partial charge in [-0.15, -0.1) is 0 Å². The quantitative estimate of drug-likeness (QED) is 0.551. The fourth-order valence-corrected chi connectivity index (χ4v) is 4.45. The summed E-state index contributed by atoms with van der Waals surface area (Å²) < 4.78 is 17.7. The standard InChI is InChI=1S/C14H18O4/c1-2-10(15)17-12-9-7-8-11(16-9)13(12)18-14(8)5-3-4-6-14/h2,8-9,11-13H,1,3-7H2. The van der Waals surface area contributed by atoms with Gasteiger partial charge < -0.3 is 14.2 Å². The Balaban J connectivity index is 1.59. The molecule has 5 atom stereocenters. The predicted molar refractivity (Wildman–Crippen MR) is 62.9 cm³/mol. The van der Waals surface area contributed by atoms with E-state index in [-0.39, 0.29) is 36.0 Å². The van der Waals surface area contributed by atoms with Gasteiger partial charge in [-0.2, -0.15) is 0 Å². The van der Waals surface area contributed by atoms with E-state index in [0.717, 1.165) is 19.3 Å². The maximum Gasteiger partial charge on any atom is 0.330 e. The van der Waals surface area contributed by atoms with Crippen molar-refractivity contribution >= 4 is 5.97 Å². The molecule has 0 aromatic carbocycles. The highest BCUT2D eigenvalue weighted by Crippen LogP contribution is 2.59. The van der Waals surface area contributed by atoms with E-state index >= 15 is 0 Å². The van der Waals surface area contributed by atoms with Crippen LogP contribution in [-0.2, 0) is 19.0 Å². The maximum absolute atomic E-state index is 11.4. The minimum atomic E-state index is -0.372. The lowest BCUT2D eigenvalue weighted by atomic mass is 9.77. The van der Waals surface area contributed by atoms with Crippen LogP contribution in [-0.4, -0.2) is 36.0 Å². The van der Waals surface area contributed by atoms with Crippen molar-refractivity contribution in [1.29, 1.82) is 0 Å². The van der Waals surface area contributed by atoms with E-state index in [9.17, 15) is 4.79 Å². The number of ether oxygens (including phenoxy) is 3. The normalized spacial score (nSPS) is 46.8. The summed E-state index contributed by atoms with van der Waals surface area (Å²) in [5, 5.41) is 0. The summed E-state index contributed by atoms with van der Waals surface area (Å²) in [6, 6.07) is 0. The number of hydrogen-bond donors (Lipinski definition) is 0. The molecule has 0 aromatic heterocycles. The summed E-state index contributed by atoms with van der Waals surface area (Å²) in [6.45, 7) is 3.44. The van der Waals surface area contributed by atoms with Crippen molar-refractivity contribution in [3.8, 4) is 0 Å². The van der Waals surface area contributed by atoms with E-state index in [2.05, 4.69) is 6.58 Å². The summed E-state index contributed by atoms with van der Waals surface area (Å²) in [4.78, 5) is 11.4. The third-order valence-electron chi connectivity index (χ3n) is 5.14. The Morgan fingerprint density at radius 2 is 2.11 bits per heavy atom. The monoisotopic (exact) mass is 250 g/mol. The number of rotatable bonds is 2. The number of carbonyl (C=O) groups is 1. The zero-order chi connectivity index (χ0) is 12.3. The molecule has 98 valence electrons. The van der Waals surface area contributed by atoms with Gasteiger partial charge in [-0.3, -0.25) is 0 Å². The highest BCUT2D eigenvalue weighted by atomic mass is 16.6. The molecule has 3 heterocycles. The zero-order valence-corrected chi connectivity index (χ0v) is 10.3. The van der Waals surface area contributed by atoms with Crippen LogP contribution in [0.5, 0.6) is 0 Å². The van der Waals surface area contributed by atoms with Gasteiger partial charge in [-0.05, 0) is 19.3 Å². The van der Waals surface area contributed by atoms with E-state index in [4.69, 9.17) is 14.2 Å². The minimum absolute atomic E-state index is 0.0272. The molecule has 1 aliphatic carbocycles. The molecule has 0 aromatic rings. The molecule has 1 spiro atoms.